The summed E-state index contributed by atoms with van der Waals surface area (Å²) in [4.78, 5) is 15.2. The maximum absolute atomic E-state index is 12.8. The van der Waals surface area contributed by atoms with Crippen molar-refractivity contribution in [2.24, 2.45) is 0 Å². The van der Waals surface area contributed by atoms with Crippen LogP contribution in [0.25, 0.3) is 16.8 Å². The van der Waals surface area contributed by atoms with Crippen LogP contribution in [0.1, 0.15) is 11.3 Å². The van der Waals surface area contributed by atoms with Crippen molar-refractivity contribution in [1.29, 1.82) is 5.26 Å². The standard InChI is InChI=1S/C30H37N7O7/c1-42-30-28(40)27(39)26(38)25(44-30)18-37-17-24(34-35-37)16-33-29(41)22(15-31)13-19-2-3-21-14-23(5-4-20(21)12-19)32-6-7-36-8-10-43-11-9-36/h2-5,12-14,17,25-28,30,32,38-40H,6-11,16,18H2,1H3,(H,33,41). The van der Waals surface area contributed by atoms with Crippen LogP contribution in [0.15, 0.2) is 48.2 Å². The molecule has 14 nitrogen and oxygen atoms in total. The van der Waals surface area contributed by atoms with Crippen molar-refractivity contribution in [2.75, 3.05) is 51.8 Å². The predicted octanol–water partition coefficient (Wildman–Crippen LogP) is -0.147. The highest BCUT2D eigenvalue weighted by Crippen LogP contribution is 2.23. The highest BCUT2D eigenvalue weighted by atomic mass is 16.7. The fraction of sp³-hybridized carbons (Fsp3) is 0.467. The van der Waals surface area contributed by atoms with E-state index in [1.807, 2.05) is 36.4 Å². The Morgan fingerprint density at radius 2 is 1.91 bits per heavy atom. The molecule has 5 N–H and O–H groups in total. The monoisotopic (exact) mass is 607 g/mol. The van der Waals surface area contributed by atoms with Crippen LogP contribution in [0.2, 0.25) is 0 Å². The van der Waals surface area contributed by atoms with Crippen LogP contribution in [0.5, 0.6) is 0 Å². The van der Waals surface area contributed by atoms with E-state index in [1.54, 1.807) is 6.20 Å². The smallest absolute Gasteiger partial charge is 0.262 e. The number of nitrogens with zero attached hydrogens (tertiary/aromatic N) is 5. The van der Waals surface area contributed by atoms with Crippen molar-refractivity contribution in [2.45, 2.75) is 43.8 Å². The van der Waals surface area contributed by atoms with Crippen LogP contribution in [-0.4, -0.2) is 118 Å². The van der Waals surface area contributed by atoms with Crippen LogP contribution in [0.4, 0.5) is 5.69 Å². The highest BCUT2D eigenvalue weighted by molar-refractivity contribution is 6.02. The minimum Gasteiger partial charge on any atom is -0.388 e. The number of fused-ring (bicyclic) bond motifs is 1. The van der Waals surface area contributed by atoms with Gasteiger partial charge in [-0.2, -0.15) is 5.26 Å². The average Bonchev–Trinajstić information content (AvgIpc) is 3.50. The van der Waals surface area contributed by atoms with Crippen molar-refractivity contribution in [3.8, 4) is 6.07 Å². The molecule has 0 radical (unpaired) electrons. The molecule has 5 rings (SSSR count). The van der Waals surface area contributed by atoms with Crippen molar-refractivity contribution in [3.05, 3.63) is 59.4 Å². The Kier molecular flexibility index (Phi) is 10.5. The Bertz CT molecular complexity index is 1500. The topological polar surface area (TPSA) is 187 Å². The summed E-state index contributed by atoms with van der Waals surface area (Å²) in [7, 11) is 1.32. The number of aromatic nitrogens is 3. The summed E-state index contributed by atoms with van der Waals surface area (Å²) in [5.74, 6) is -0.562. The number of hydrogen-bond acceptors (Lipinski definition) is 12. The molecule has 1 amide bonds. The lowest BCUT2D eigenvalue weighted by atomic mass is 9.99. The summed E-state index contributed by atoms with van der Waals surface area (Å²) >= 11 is 0. The normalized spacial score (nSPS) is 24.6. The largest absolute Gasteiger partial charge is 0.388 e. The number of nitriles is 1. The Labute approximate surface area is 254 Å². The third-order valence-corrected chi connectivity index (χ3v) is 7.69. The lowest BCUT2D eigenvalue weighted by molar-refractivity contribution is -0.292. The van der Waals surface area contributed by atoms with Gasteiger partial charge < -0.3 is 40.2 Å². The number of rotatable bonds is 11. The molecule has 0 aliphatic carbocycles. The maximum atomic E-state index is 12.8. The quantitative estimate of drug-likeness (QED) is 0.144. The zero-order chi connectivity index (χ0) is 31.1. The van der Waals surface area contributed by atoms with Crippen molar-refractivity contribution >= 4 is 28.4 Å². The van der Waals surface area contributed by atoms with E-state index in [-0.39, 0.29) is 18.7 Å². The molecule has 14 heteroatoms. The fourth-order valence-electron chi connectivity index (χ4n) is 5.18. The molecule has 2 saturated heterocycles. The zero-order valence-corrected chi connectivity index (χ0v) is 24.4. The third kappa shape index (κ3) is 7.76. The SMILES string of the molecule is COC1OC(Cn2cc(CNC(=O)C(C#N)=Cc3ccc4cc(NCCN5CCOCC5)ccc4c3)nn2)C(O)C(O)C1O. The fourth-order valence-corrected chi connectivity index (χ4v) is 5.18. The van der Waals surface area contributed by atoms with E-state index in [1.165, 1.54) is 17.9 Å². The Hall–Kier alpha value is -3.94. The van der Waals surface area contributed by atoms with Gasteiger partial charge in [0.2, 0.25) is 0 Å². The van der Waals surface area contributed by atoms with E-state index in [0.717, 1.165) is 61.4 Å². The number of ether oxygens (including phenoxy) is 3. The first kappa shape index (κ1) is 31.5. The van der Waals surface area contributed by atoms with Crippen LogP contribution < -0.4 is 10.6 Å². The molecule has 2 aromatic carbocycles. The summed E-state index contributed by atoms with van der Waals surface area (Å²) in [6.07, 6.45) is -3.16. The minimum absolute atomic E-state index is 0.00695. The molecule has 2 aliphatic heterocycles. The first-order valence-electron chi connectivity index (χ1n) is 14.4. The van der Waals surface area contributed by atoms with Gasteiger partial charge in [-0.25, -0.2) is 4.68 Å². The number of carbonyl (C=O) groups excluding carboxylic acids is 1. The van der Waals surface area contributed by atoms with Gasteiger partial charge in [0.1, 0.15) is 41.8 Å². The molecular weight excluding hydrogens is 570 g/mol. The Morgan fingerprint density at radius 3 is 2.68 bits per heavy atom. The summed E-state index contributed by atoms with van der Waals surface area (Å²) in [6.45, 7) is 5.29. The molecular formula is C30H37N7O7. The number of nitrogens with one attached hydrogen (secondary N) is 2. The van der Waals surface area contributed by atoms with Gasteiger partial charge in [0.15, 0.2) is 6.29 Å². The van der Waals surface area contributed by atoms with Gasteiger partial charge in [0.05, 0.1) is 32.5 Å². The predicted molar refractivity (Wildman–Crippen MR) is 159 cm³/mol. The number of methoxy groups -OCH3 is 1. The van der Waals surface area contributed by atoms with E-state index < -0.39 is 36.6 Å². The van der Waals surface area contributed by atoms with Gasteiger partial charge in [0, 0.05) is 39.0 Å². The van der Waals surface area contributed by atoms with Gasteiger partial charge in [-0.3, -0.25) is 9.69 Å². The summed E-state index contributed by atoms with van der Waals surface area (Å²) in [5, 5.41) is 56.1. The van der Waals surface area contributed by atoms with Gasteiger partial charge in [-0.15, -0.1) is 5.10 Å². The summed E-state index contributed by atoms with van der Waals surface area (Å²) in [6, 6.07) is 13.8. The minimum atomic E-state index is -1.45. The third-order valence-electron chi connectivity index (χ3n) is 7.69. The first-order chi connectivity index (χ1) is 21.3. The molecule has 5 unspecified atom stereocenters. The van der Waals surface area contributed by atoms with Gasteiger partial charge in [-0.05, 0) is 40.6 Å². The van der Waals surface area contributed by atoms with E-state index in [9.17, 15) is 25.4 Å². The van der Waals surface area contributed by atoms with Crippen molar-refractivity contribution in [1.82, 2.24) is 25.2 Å². The molecule has 3 aromatic rings. The van der Waals surface area contributed by atoms with Gasteiger partial charge >= 0.3 is 0 Å². The Balaban J connectivity index is 1.14. The molecule has 2 aliphatic rings. The van der Waals surface area contributed by atoms with Crippen LogP contribution in [0, 0.1) is 11.3 Å². The molecule has 0 spiro atoms. The van der Waals surface area contributed by atoms with E-state index in [0.29, 0.717) is 5.69 Å². The molecule has 5 atom stereocenters. The number of carbonyl (C=O) groups is 1. The van der Waals surface area contributed by atoms with Gasteiger partial charge in [0.25, 0.3) is 5.91 Å². The van der Waals surface area contributed by atoms with Crippen LogP contribution in [-0.2, 0) is 32.1 Å². The number of benzene rings is 2. The number of anilines is 1. The van der Waals surface area contributed by atoms with E-state index in [4.69, 9.17) is 14.2 Å². The second-order valence-corrected chi connectivity index (χ2v) is 10.7. The Morgan fingerprint density at radius 1 is 1.14 bits per heavy atom. The molecule has 3 heterocycles. The van der Waals surface area contributed by atoms with Crippen molar-refractivity contribution < 1.29 is 34.3 Å². The number of amides is 1. The van der Waals surface area contributed by atoms with Crippen molar-refractivity contribution in [3.63, 3.8) is 0 Å². The van der Waals surface area contributed by atoms with Crippen LogP contribution in [0.3, 0.4) is 0 Å². The summed E-state index contributed by atoms with van der Waals surface area (Å²) in [5.41, 5.74) is 2.09. The van der Waals surface area contributed by atoms with Crippen LogP contribution >= 0.6 is 0 Å². The average molecular weight is 608 g/mol. The lowest BCUT2D eigenvalue weighted by Crippen LogP contribution is -2.58. The first-order valence-corrected chi connectivity index (χ1v) is 14.4. The van der Waals surface area contributed by atoms with E-state index in [2.05, 4.69) is 31.9 Å². The number of morpholine rings is 1. The number of aliphatic hydroxyl groups excluding tert-OH is 3. The zero-order valence-electron chi connectivity index (χ0n) is 24.4. The maximum Gasteiger partial charge on any atom is 0.262 e. The molecule has 234 valence electrons. The highest BCUT2D eigenvalue weighted by Gasteiger charge is 2.44. The molecule has 0 bridgehead atoms. The number of hydrogen-bond donors (Lipinski definition) is 5. The van der Waals surface area contributed by atoms with E-state index >= 15 is 0 Å². The molecule has 1 aromatic heterocycles. The van der Waals surface area contributed by atoms with Gasteiger partial charge in [-0.1, -0.05) is 23.4 Å². The summed E-state index contributed by atoms with van der Waals surface area (Å²) < 4.78 is 17.3. The lowest BCUT2D eigenvalue weighted by Gasteiger charge is -2.39. The number of aliphatic hydroxyl groups is 3. The molecule has 0 saturated carbocycles. The molecule has 2 fully saturated rings. The molecule has 44 heavy (non-hydrogen) atoms. The second-order valence-electron chi connectivity index (χ2n) is 10.7. The second kappa shape index (κ2) is 14.7.